The van der Waals surface area contributed by atoms with Crippen molar-refractivity contribution in [2.24, 2.45) is 0 Å². The molecule has 20 heteroatoms. The predicted molar refractivity (Wildman–Crippen MR) is 103 cm³/mol. The molecule has 224 valence electrons. The number of rotatable bonds is 4. The Morgan fingerprint density at radius 3 is 1.20 bits per heavy atom. The minimum atomic E-state index is -5.98. The first-order valence-electron chi connectivity index (χ1n) is 9.82. The molecule has 0 saturated carbocycles. The molecule has 3 aromatic rings. The fraction of sp³-hybridized carbons (Fsp3) is 0.143. The van der Waals surface area contributed by atoms with Crippen LogP contribution in [0.3, 0.4) is 0 Å². The summed E-state index contributed by atoms with van der Waals surface area (Å²) in [5.41, 5.74) is -2.87. The van der Waals surface area contributed by atoms with Crippen LogP contribution in [0.15, 0.2) is 12.1 Å². The highest BCUT2D eigenvalue weighted by molar-refractivity contribution is 5.61. The summed E-state index contributed by atoms with van der Waals surface area (Å²) in [4.78, 5) is 0. The van der Waals surface area contributed by atoms with Crippen LogP contribution in [0.2, 0.25) is 0 Å². The number of alkyl halides is 9. The van der Waals surface area contributed by atoms with Gasteiger partial charge < -0.3 is 20.9 Å². The molecule has 3 aromatic carbocycles. The normalized spacial score (nSPS) is 12.6. The van der Waals surface area contributed by atoms with Crippen molar-refractivity contribution < 1.29 is 79.7 Å². The zero-order chi connectivity index (χ0) is 31.6. The Balaban J connectivity index is 2.35. The molecule has 0 saturated heterocycles. The summed E-state index contributed by atoms with van der Waals surface area (Å²) in [6, 6.07) is -0.882. The molecule has 41 heavy (non-hydrogen) atoms. The second kappa shape index (κ2) is 9.98. The van der Waals surface area contributed by atoms with E-state index in [0.717, 1.165) is 0 Å². The summed E-state index contributed by atoms with van der Waals surface area (Å²) in [7, 11) is 0. The lowest BCUT2D eigenvalue weighted by Crippen LogP contribution is -2.17. The van der Waals surface area contributed by atoms with E-state index in [0.29, 0.717) is 0 Å². The van der Waals surface area contributed by atoms with Crippen LogP contribution in [0.25, 0.3) is 0 Å². The van der Waals surface area contributed by atoms with Crippen LogP contribution < -0.4 is 20.9 Å². The van der Waals surface area contributed by atoms with Gasteiger partial charge in [0.1, 0.15) is 34.0 Å². The summed E-state index contributed by atoms with van der Waals surface area (Å²) in [5, 5.41) is 0. The van der Waals surface area contributed by atoms with Gasteiger partial charge in [-0.05, 0) is 0 Å². The number of hydrogen-bond acceptors (Lipinski definition) is 4. The van der Waals surface area contributed by atoms with E-state index in [9.17, 15) is 70.2 Å². The molecule has 0 spiro atoms. The van der Waals surface area contributed by atoms with Gasteiger partial charge in [-0.3, -0.25) is 0 Å². The molecule has 0 heterocycles. The summed E-state index contributed by atoms with van der Waals surface area (Å²) < 4.78 is 227. The highest BCUT2D eigenvalue weighted by atomic mass is 19.4. The third kappa shape index (κ3) is 5.53. The molecule has 0 bridgehead atoms. The van der Waals surface area contributed by atoms with Crippen LogP contribution in [0.5, 0.6) is 23.0 Å². The number of ether oxygens (including phenoxy) is 2. The van der Waals surface area contributed by atoms with Gasteiger partial charge in [0.05, 0.1) is 11.4 Å². The van der Waals surface area contributed by atoms with Crippen LogP contribution in [-0.4, -0.2) is 0 Å². The van der Waals surface area contributed by atoms with Crippen LogP contribution in [0.1, 0.15) is 16.7 Å². The van der Waals surface area contributed by atoms with Gasteiger partial charge in [0.25, 0.3) is 0 Å². The van der Waals surface area contributed by atoms with Crippen molar-refractivity contribution in [3.8, 4) is 23.0 Å². The summed E-state index contributed by atoms with van der Waals surface area (Å²) in [5.74, 6) is -28.2. The minimum absolute atomic E-state index is 0.417. The first kappa shape index (κ1) is 31.3. The van der Waals surface area contributed by atoms with Crippen molar-refractivity contribution in [1.29, 1.82) is 0 Å². The molecule has 0 aliphatic carbocycles. The van der Waals surface area contributed by atoms with Crippen molar-refractivity contribution in [2.75, 3.05) is 11.5 Å². The standard InChI is InChI=1S/C21H6F16N2O2/c22-4-1-3(40-17-7(20(32,33)34)15(38)11(25)9(23)13(17)27)2-5(6(4)19(29,30)31)41-18-8(21(35,36)37)16(39)12(26)10(24)14(18)28/h1-2H,38-39H2. The quantitative estimate of drug-likeness (QED) is 0.174. The van der Waals surface area contributed by atoms with E-state index in [1.54, 1.807) is 0 Å². The van der Waals surface area contributed by atoms with Crippen molar-refractivity contribution in [3.05, 3.63) is 69.5 Å². The number of nitrogen functional groups attached to an aromatic ring is 2. The van der Waals surface area contributed by atoms with Crippen LogP contribution in [-0.2, 0) is 18.5 Å². The molecule has 0 fully saturated rings. The van der Waals surface area contributed by atoms with E-state index in [2.05, 4.69) is 9.47 Å². The Kier molecular flexibility index (Phi) is 7.61. The van der Waals surface area contributed by atoms with Gasteiger partial charge in [-0.25, -0.2) is 22.0 Å². The minimum Gasteiger partial charge on any atom is -0.453 e. The van der Waals surface area contributed by atoms with Gasteiger partial charge in [-0.15, -0.1) is 0 Å². The van der Waals surface area contributed by atoms with Crippen molar-refractivity contribution in [1.82, 2.24) is 0 Å². The van der Waals surface area contributed by atoms with E-state index in [-0.39, 0.29) is 0 Å². The van der Waals surface area contributed by atoms with Gasteiger partial charge in [-0.2, -0.15) is 48.3 Å². The largest absolute Gasteiger partial charge is 0.453 e. The maximum absolute atomic E-state index is 14.5. The zero-order valence-electron chi connectivity index (χ0n) is 18.7. The second-order valence-electron chi connectivity index (χ2n) is 7.60. The third-order valence-corrected chi connectivity index (χ3v) is 4.95. The lowest BCUT2D eigenvalue weighted by molar-refractivity contribution is -0.141. The van der Waals surface area contributed by atoms with Gasteiger partial charge in [0.2, 0.25) is 11.6 Å². The SMILES string of the molecule is Nc1c(F)c(F)c(F)c(Oc2cc(F)c(C(F)(F)F)c(Oc3c(F)c(F)c(F)c(N)c3C(F)(F)F)c2)c1C(F)(F)F. The van der Waals surface area contributed by atoms with E-state index in [1.807, 2.05) is 0 Å². The molecule has 0 atom stereocenters. The van der Waals surface area contributed by atoms with E-state index in [4.69, 9.17) is 11.5 Å². The first-order chi connectivity index (χ1) is 18.5. The molecule has 0 amide bonds. The van der Waals surface area contributed by atoms with Gasteiger partial charge >= 0.3 is 18.5 Å². The Bertz CT molecular complexity index is 1540. The van der Waals surface area contributed by atoms with Crippen molar-refractivity contribution >= 4 is 11.4 Å². The highest BCUT2D eigenvalue weighted by Gasteiger charge is 2.45. The third-order valence-electron chi connectivity index (χ3n) is 4.95. The summed E-state index contributed by atoms with van der Waals surface area (Å²) >= 11 is 0. The summed E-state index contributed by atoms with van der Waals surface area (Å²) in [6.45, 7) is 0. The van der Waals surface area contributed by atoms with Crippen molar-refractivity contribution in [2.45, 2.75) is 18.5 Å². The lowest BCUT2D eigenvalue weighted by Gasteiger charge is -2.21. The van der Waals surface area contributed by atoms with Crippen LogP contribution >= 0.6 is 0 Å². The van der Waals surface area contributed by atoms with E-state index in [1.165, 1.54) is 0 Å². The van der Waals surface area contributed by atoms with Gasteiger partial charge in [-0.1, -0.05) is 0 Å². The van der Waals surface area contributed by atoms with Crippen LogP contribution in [0, 0.1) is 40.7 Å². The molecular weight excluding hydrogens is 616 g/mol. The van der Waals surface area contributed by atoms with Crippen LogP contribution in [0.4, 0.5) is 81.6 Å². The van der Waals surface area contributed by atoms with E-state index >= 15 is 0 Å². The van der Waals surface area contributed by atoms with E-state index < -0.39 is 122 Å². The average Bonchev–Trinajstić information content (AvgIpc) is 2.80. The molecule has 0 aromatic heterocycles. The molecule has 0 radical (unpaired) electrons. The number of hydrogen-bond donors (Lipinski definition) is 2. The summed E-state index contributed by atoms with van der Waals surface area (Å²) in [6.07, 6.45) is -17.8. The fourth-order valence-corrected chi connectivity index (χ4v) is 3.27. The molecule has 3 rings (SSSR count). The number of anilines is 2. The molecular formula is C21H6F16N2O2. The average molecular weight is 622 g/mol. The monoisotopic (exact) mass is 622 g/mol. The van der Waals surface area contributed by atoms with Crippen molar-refractivity contribution in [3.63, 3.8) is 0 Å². The highest BCUT2D eigenvalue weighted by Crippen LogP contribution is 2.50. The molecule has 4 N–H and O–H groups in total. The lowest BCUT2D eigenvalue weighted by atomic mass is 10.1. The Labute approximate surface area is 214 Å². The van der Waals surface area contributed by atoms with Gasteiger partial charge in [0.15, 0.2) is 34.8 Å². The number of benzene rings is 3. The Hall–Kier alpha value is -4.26. The maximum atomic E-state index is 14.5. The molecule has 0 unspecified atom stereocenters. The first-order valence-corrected chi connectivity index (χ1v) is 9.82. The second-order valence-corrected chi connectivity index (χ2v) is 7.60. The smallest absolute Gasteiger partial charge is 0.422 e. The molecule has 0 aliphatic rings. The topological polar surface area (TPSA) is 70.5 Å². The Morgan fingerprint density at radius 1 is 0.463 bits per heavy atom. The Morgan fingerprint density at radius 2 is 0.829 bits per heavy atom. The molecule has 0 aliphatic heterocycles. The number of nitrogens with two attached hydrogens (primary N) is 2. The zero-order valence-corrected chi connectivity index (χ0v) is 18.7. The van der Waals surface area contributed by atoms with Gasteiger partial charge in [0, 0.05) is 12.1 Å². The maximum Gasteiger partial charge on any atom is 0.422 e. The number of halogens is 16. The fourth-order valence-electron chi connectivity index (χ4n) is 3.27. The predicted octanol–water partition coefficient (Wildman–Crippen LogP) is 8.47. The molecule has 4 nitrogen and oxygen atoms in total.